The molecule has 0 saturated heterocycles. The third-order valence-corrected chi connectivity index (χ3v) is 5.14. The zero-order valence-electron chi connectivity index (χ0n) is 12.5. The summed E-state index contributed by atoms with van der Waals surface area (Å²) in [4.78, 5) is 1.49. The van der Waals surface area contributed by atoms with Gasteiger partial charge in [-0.1, -0.05) is 44.4 Å². The second-order valence-electron chi connectivity index (χ2n) is 6.16. The summed E-state index contributed by atoms with van der Waals surface area (Å²) in [5, 5.41) is 4.43. The topological polar surface area (TPSA) is 12.0 Å². The van der Waals surface area contributed by atoms with Gasteiger partial charge >= 0.3 is 0 Å². The summed E-state index contributed by atoms with van der Waals surface area (Å²) >= 11 is 2.11. The van der Waals surface area contributed by atoms with E-state index < -0.39 is 0 Å². The summed E-state index contributed by atoms with van der Waals surface area (Å²) in [6.45, 7) is 8.82. The first-order chi connectivity index (χ1) is 9.15. The molecule has 0 aliphatic heterocycles. The SMILES string of the molecule is Cc1ccc(SC2CCCC2)c(CNCC(C)C)c1. The van der Waals surface area contributed by atoms with Crippen molar-refractivity contribution in [2.24, 2.45) is 5.92 Å². The minimum atomic E-state index is 0.718. The van der Waals surface area contributed by atoms with Gasteiger partial charge in [0, 0.05) is 16.7 Å². The van der Waals surface area contributed by atoms with Gasteiger partial charge in [-0.05, 0) is 43.9 Å². The number of benzene rings is 1. The molecular weight excluding hydrogens is 250 g/mol. The van der Waals surface area contributed by atoms with Gasteiger partial charge in [0.05, 0.1) is 0 Å². The normalized spacial score (nSPS) is 16.4. The highest BCUT2D eigenvalue weighted by Gasteiger charge is 2.17. The van der Waals surface area contributed by atoms with Gasteiger partial charge in [0.1, 0.15) is 0 Å². The van der Waals surface area contributed by atoms with Crippen molar-refractivity contribution in [1.82, 2.24) is 5.32 Å². The van der Waals surface area contributed by atoms with Crippen LogP contribution in [0.1, 0.15) is 50.7 Å². The second-order valence-corrected chi connectivity index (χ2v) is 7.50. The third kappa shape index (κ3) is 4.85. The summed E-state index contributed by atoms with van der Waals surface area (Å²) in [6, 6.07) is 6.93. The highest BCUT2D eigenvalue weighted by molar-refractivity contribution is 8.00. The molecule has 0 atom stereocenters. The molecule has 0 unspecified atom stereocenters. The highest BCUT2D eigenvalue weighted by atomic mass is 32.2. The third-order valence-electron chi connectivity index (χ3n) is 3.68. The van der Waals surface area contributed by atoms with Crippen LogP contribution in [0.2, 0.25) is 0 Å². The van der Waals surface area contributed by atoms with E-state index in [0.717, 1.165) is 24.3 Å². The van der Waals surface area contributed by atoms with E-state index in [2.05, 4.69) is 56.0 Å². The highest BCUT2D eigenvalue weighted by Crippen LogP contribution is 2.36. The predicted molar refractivity (Wildman–Crippen MR) is 85.8 cm³/mol. The van der Waals surface area contributed by atoms with Gasteiger partial charge in [-0.3, -0.25) is 0 Å². The van der Waals surface area contributed by atoms with Crippen LogP contribution in [0.5, 0.6) is 0 Å². The molecule has 1 aromatic carbocycles. The number of nitrogens with one attached hydrogen (secondary N) is 1. The molecule has 1 N–H and O–H groups in total. The van der Waals surface area contributed by atoms with Crippen molar-refractivity contribution in [3.05, 3.63) is 29.3 Å². The van der Waals surface area contributed by atoms with Crippen LogP contribution in [0.4, 0.5) is 0 Å². The summed E-state index contributed by atoms with van der Waals surface area (Å²) < 4.78 is 0. The van der Waals surface area contributed by atoms with E-state index in [1.807, 2.05) is 0 Å². The molecule has 1 fully saturated rings. The van der Waals surface area contributed by atoms with Gasteiger partial charge in [0.25, 0.3) is 0 Å². The molecule has 106 valence electrons. The molecule has 1 nitrogen and oxygen atoms in total. The van der Waals surface area contributed by atoms with Crippen molar-refractivity contribution in [3.8, 4) is 0 Å². The summed E-state index contributed by atoms with van der Waals surface area (Å²) in [5.74, 6) is 0.718. The van der Waals surface area contributed by atoms with Crippen LogP contribution >= 0.6 is 11.8 Å². The predicted octanol–water partition coefficient (Wildman–Crippen LogP) is 4.78. The van der Waals surface area contributed by atoms with Crippen LogP contribution in [0.15, 0.2) is 23.1 Å². The Labute approximate surface area is 122 Å². The average Bonchev–Trinajstić information content (AvgIpc) is 2.85. The first kappa shape index (κ1) is 14.9. The van der Waals surface area contributed by atoms with Crippen molar-refractivity contribution in [2.75, 3.05) is 6.54 Å². The van der Waals surface area contributed by atoms with Gasteiger partial charge < -0.3 is 5.32 Å². The molecule has 1 aliphatic carbocycles. The Balaban J connectivity index is 1.99. The molecule has 1 saturated carbocycles. The fourth-order valence-corrected chi connectivity index (χ4v) is 4.00. The average molecular weight is 277 g/mol. The van der Waals surface area contributed by atoms with Crippen LogP contribution in [0.3, 0.4) is 0 Å². The molecule has 2 heteroatoms. The molecule has 1 aliphatic rings. The van der Waals surface area contributed by atoms with Crippen molar-refractivity contribution in [2.45, 2.75) is 63.1 Å². The van der Waals surface area contributed by atoms with E-state index in [9.17, 15) is 0 Å². The van der Waals surface area contributed by atoms with Crippen LogP contribution in [-0.2, 0) is 6.54 Å². The van der Waals surface area contributed by atoms with Crippen LogP contribution in [0, 0.1) is 12.8 Å². The van der Waals surface area contributed by atoms with Crippen molar-refractivity contribution >= 4 is 11.8 Å². The van der Waals surface area contributed by atoms with Gasteiger partial charge in [-0.25, -0.2) is 0 Å². The van der Waals surface area contributed by atoms with E-state index in [1.165, 1.54) is 41.7 Å². The van der Waals surface area contributed by atoms with Crippen molar-refractivity contribution in [3.63, 3.8) is 0 Å². The lowest BCUT2D eigenvalue weighted by Crippen LogP contribution is -2.19. The van der Waals surface area contributed by atoms with Gasteiger partial charge in [-0.15, -0.1) is 11.8 Å². The number of rotatable bonds is 6. The van der Waals surface area contributed by atoms with Crippen molar-refractivity contribution < 1.29 is 0 Å². The van der Waals surface area contributed by atoms with Gasteiger partial charge in [0.15, 0.2) is 0 Å². The maximum absolute atomic E-state index is 3.58. The molecule has 0 amide bonds. The van der Waals surface area contributed by atoms with E-state index in [0.29, 0.717) is 0 Å². The Morgan fingerprint density at radius 2 is 2.00 bits per heavy atom. The molecule has 2 rings (SSSR count). The van der Waals surface area contributed by atoms with Gasteiger partial charge in [0.2, 0.25) is 0 Å². The number of thioether (sulfide) groups is 1. The summed E-state index contributed by atoms with van der Waals surface area (Å²) in [5.41, 5.74) is 2.86. The molecule has 1 aromatic rings. The Morgan fingerprint density at radius 1 is 1.26 bits per heavy atom. The Morgan fingerprint density at radius 3 is 2.68 bits per heavy atom. The van der Waals surface area contributed by atoms with E-state index in [1.54, 1.807) is 0 Å². The lowest BCUT2D eigenvalue weighted by molar-refractivity contribution is 0.550. The first-order valence-corrected chi connectivity index (χ1v) is 8.50. The lowest BCUT2D eigenvalue weighted by Gasteiger charge is -2.15. The fourth-order valence-electron chi connectivity index (χ4n) is 2.64. The Hall–Kier alpha value is -0.470. The van der Waals surface area contributed by atoms with E-state index in [-0.39, 0.29) is 0 Å². The minimum Gasteiger partial charge on any atom is -0.312 e. The zero-order valence-corrected chi connectivity index (χ0v) is 13.4. The lowest BCUT2D eigenvalue weighted by atomic mass is 10.1. The van der Waals surface area contributed by atoms with Crippen LogP contribution in [0.25, 0.3) is 0 Å². The first-order valence-electron chi connectivity index (χ1n) is 7.62. The zero-order chi connectivity index (χ0) is 13.7. The van der Waals surface area contributed by atoms with E-state index in [4.69, 9.17) is 0 Å². The number of hydrogen-bond acceptors (Lipinski definition) is 2. The fraction of sp³-hybridized carbons (Fsp3) is 0.647. The van der Waals surface area contributed by atoms with Crippen molar-refractivity contribution in [1.29, 1.82) is 0 Å². The van der Waals surface area contributed by atoms with Gasteiger partial charge in [-0.2, -0.15) is 0 Å². The summed E-state index contributed by atoms with van der Waals surface area (Å²) in [7, 11) is 0. The molecule has 0 aromatic heterocycles. The standard InChI is InChI=1S/C17H27NS/c1-13(2)11-18-12-15-10-14(3)8-9-17(15)19-16-6-4-5-7-16/h8-10,13,16,18H,4-7,11-12H2,1-3H3. The Kier molecular flexibility index (Phi) is 5.77. The Bertz CT molecular complexity index is 394. The molecule has 0 spiro atoms. The quantitative estimate of drug-likeness (QED) is 0.803. The number of aryl methyl sites for hydroxylation is 1. The maximum Gasteiger partial charge on any atom is 0.0216 e. The minimum absolute atomic E-state index is 0.718. The second kappa shape index (κ2) is 7.35. The monoisotopic (exact) mass is 277 g/mol. The maximum atomic E-state index is 3.58. The molecular formula is C17H27NS. The van der Waals surface area contributed by atoms with Crippen LogP contribution < -0.4 is 5.32 Å². The molecule has 0 bridgehead atoms. The van der Waals surface area contributed by atoms with E-state index >= 15 is 0 Å². The smallest absolute Gasteiger partial charge is 0.0216 e. The summed E-state index contributed by atoms with van der Waals surface area (Å²) in [6.07, 6.45) is 5.64. The van der Waals surface area contributed by atoms with Crippen LogP contribution in [-0.4, -0.2) is 11.8 Å². The molecule has 0 heterocycles. The molecule has 19 heavy (non-hydrogen) atoms. The number of hydrogen-bond donors (Lipinski definition) is 1. The molecule has 0 radical (unpaired) electrons. The largest absolute Gasteiger partial charge is 0.312 e.